The Morgan fingerprint density at radius 2 is 1.90 bits per heavy atom. The van der Waals surface area contributed by atoms with E-state index in [1.54, 1.807) is 0 Å². The summed E-state index contributed by atoms with van der Waals surface area (Å²) < 4.78 is 0. The fourth-order valence-electron chi connectivity index (χ4n) is 3.23. The zero-order chi connectivity index (χ0) is 14.5. The molecule has 1 aromatic carbocycles. The lowest BCUT2D eigenvalue weighted by atomic mass is 9.95. The van der Waals surface area contributed by atoms with Crippen LogP contribution in [-0.2, 0) is 0 Å². The van der Waals surface area contributed by atoms with Crippen LogP contribution in [0.3, 0.4) is 0 Å². The second-order valence-corrected chi connectivity index (χ2v) is 6.35. The van der Waals surface area contributed by atoms with Crippen LogP contribution in [0.1, 0.15) is 52.1 Å². The van der Waals surface area contributed by atoms with Gasteiger partial charge in [0.1, 0.15) is 0 Å². The van der Waals surface area contributed by atoms with Crippen molar-refractivity contribution in [3.05, 3.63) is 29.8 Å². The highest BCUT2D eigenvalue weighted by Gasteiger charge is 2.24. The van der Waals surface area contributed by atoms with Crippen molar-refractivity contribution in [2.24, 2.45) is 11.8 Å². The van der Waals surface area contributed by atoms with E-state index in [2.05, 4.69) is 62.2 Å². The van der Waals surface area contributed by atoms with Crippen LogP contribution in [0.2, 0.25) is 0 Å². The number of anilines is 1. The molecule has 0 amide bonds. The van der Waals surface area contributed by atoms with E-state index >= 15 is 0 Å². The molecule has 20 heavy (non-hydrogen) atoms. The van der Waals surface area contributed by atoms with Gasteiger partial charge in [-0.25, -0.2) is 0 Å². The molecule has 0 aromatic heterocycles. The van der Waals surface area contributed by atoms with Crippen LogP contribution in [-0.4, -0.2) is 19.6 Å². The fraction of sp³-hybridized carbons (Fsp3) is 0.667. The molecule has 1 aliphatic heterocycles. The third kappa shape index (κ3) is 3.54. The quantitative estimate of drug-likeness (QED) is 0.835. The lowest BCUT2D eigenvalue weighted by molar-refractivity contribution is 0.423. The summed E-state index contributed by atoms with van der Waals surface area (Å²) in [5, 5.41) is 3.55. The van der Waals surface area contributed by atoms with Gasteiger partial charge in [0.25, 0.3) is 0 Å². The number of rotatable bonds is 6. The molecule has 1 heterocycles. The average Bonchev–Trinajstić information content (AvgIpc) is 2.95. The molecule has 0 radical (unpaired) electrons. The van der Waals surface area contributed by atoms with E-state index < -0.39 is 0 Å². The van der Waals surface area contributed by atoms with Crippen molar-refractivity contribution in [1.29, 1.82) is 0 Å². The van der Waals surface area contributed by atoms with Gasteiger partial charge < -0.3 is 10.2 Å². The van der Waals surface area contributed by atoms with Crippen LogP contribution in [0.5, 0.6) is 0 Å². The molecule has 0 aliphatic carbocycles. The summed E-state index contributed by atoms with van der Waals surface area (Å²) in [7, 11) is 0. The molecule has 0 saturated carbocycles. The highest BCUT2D eigenvalue weighted by Crippen LogP contribution is 2.29. The molecule has 2 atom stereocenters. The highest BCUT2D eigenvalue weighted by molar-refractivity contribution is 5.49. The molecule has 2 heteroatoms. The van der Waals surface area contributed by atoms with E-state index in [9.17, 15) is 0 Å². The molecule has 2 unspecified atom stereocenters. The maximum Gasteiger partial charge on any atom is 0.0366 e. The van der Waals surface area contributed by atoms with Gasteiger partial charge in [0.2, 0.25) is 0 Å². The Morgan fingerprint density at radius 1 is 1.20 bits per heavy atom. The lowest BCUT2D eigenvalue weighted by Gasteiger charge is -2.22. The maximum atomic E-state index is 3.55. The summed E-state index contributed by atoms with van der Waals surface area (Å²) in [6.07, 6.45) is 2.49. The minimum atomic E-state index is 0.496. The molecule has 2 nitrogen and oxygen atoms in total. The minimum absolute atomic E-state index is 0.496. The van der Waals surface area contributed by atoms with Crippen molar-refractivity contribution in [3.63, 3.8) is 0 Å². The summed E-state index contributed by atoms with van der Waals surface area (Å²) >= 11 is 0. The van der Waals surface area contributed by atoms with Gasteiger partial charge in [0, 0.05) is 24.8 Å². The second-order valence-electron chi connectivity index (χ2n) is 6.35. The van der Waals surface area contributed by atoms with Gasteiger partial charge in [-0.3, -0.25) is 0 Å². The van der Waals surface area contributed by atoms with Crippen molar-refractivity contribution in [2.45, 2.75) is 46.6 Å². The molecule has 2 rings (SSSR count). The molecule has 1 saturated heterocycles. The van der Waals surface area contributed by atoms with Crippen LogP contribution in [0.25, 0.3) is 0 Å². The first-order chi connectivity index (χ1) is 9.65. The third-order valence-corrected chi connectivity index (χ3v) is 4.69. The predicted molar refractivity (Wildman–Crippen MR) is 88.3 cm³/mol. The first-order valence-corrected chi connectivity index (χ1v) is 8.24. The van der Waals surface area contributed by atoms with Crippen molar-refractivity contribution >= 4 is 5.69 Å². The molecule has 1 aromatic rings. The van der Waals surface area contributed by atoms with Gasteiger partial charge in [0.15, 0.2) is 0 Å². The van der Waals surface area contributed by atoms with E-state index in [1.807, 2.05) is 0 Å². The standard InChI is InChI=1S/C18H30N2/c1-5-18(19-6-2)15-7-9-17(10-8-15)20-12-11-16(13-20)14(3)4/h7-10,14,16,18-19H,5-6,11-13H2,1-4H3. The highest BCUT2D eigenvalue weighted by atomic mass is 15.1. The Labute approximate surface area is 124 Å². The Hall–Kier alpha value is -1.02. The van der Waals surface area contributed by atoms with Crippen molar-refractivity contribution in [3.8, 4) is 0 Å². The predicted octanol–water partition coefficient (Wildman–Crippen LogP) is 4.23. The van der Waals surface area contributed by atoms with Gasteiger partial charge >= 0.3 is 0 Å². The first kappa shape index (κ1) is 15.4. The Bertz CT molecular complexity index is 396. The molecular weight excluding hydrogens is 244 g/mol. The van der Waals surface area contributed by atoms with E-state index in [0.29, 0.717) is 6.04 Å². The summed E-state index contributed by atoms with van der Waals surface area (Å²) in [6, 6.07) is 9.70. The molecule has 0 bridgehead atoms. The zero-order valence-corrected chi connectivity index (χ0v) is 13.5. The molecule has 1 N–H and O–H groups in total. The van der Waals surface area contributed by atoms with E-state index in [0.717, 1.165) is 24.8 Å². The number of benzene rings is 1. The number of nitrogens with zero attached hydrogens (tertiary/aromatic N) is 1. The van der Waals surface area contributed by atoms with Crippen LogP contribution >= 0.6 is 0 Å². The Kier molecular flexibility index (Phi) is 5.47. The maximum absolute atomic E-state index is 3.55. The largest absolute Gasteiger partial charge is 0.371 e. The second kappa shape index (κ2) is 7.12. The summed E-state index contributed by atoms with van der Waals surface area (Å²) in [5.74, 6) is 1.66. The van der Waals surface area contributed by atoms with Gasteiger partial charge in [0.05, 0.1) is 0 Å². The molecule has 112 valence electrons. The van der Waals surface area contributed by atoms with Crippen LogP contribution in [0, 0.1) is 11.8 Å². The number of hydrogen-bond donors (Lipinski definition) is 1. The fourth-order valence-corrected chi connectivity index (χ4v) is 3.23. The van der Waals surface area contributed by atoms with E-state index in [-0.39, 0.29) is 0 Å². The molecular formula is C18H30N2. The van der Waals surface area contributed by atoms with Crippen LogP contribution < -0.4 is 10.2 Å². The molecule has 1 fully saturated rings. The first-order valence-electron chi connectivity index (χ1n) is 8.24. The Balaban J connectivity index is 2.01. The number of nitrogens with one attached hydrogen (secondary N) is 1. The molecule has 1 aliphatic rings. The smallest absolute Gasteiger partial charge is 0.0366 e. The summed E-state index contributed by atoms with van der Waals surface area (Å²) in [4.78, 5) is 2.54. The normalized spacial score (nSPS) is 20.6. The van der Waals surface area contributed by atoms with Gasteiger partial charge in [-0.2, -0.15) is 0 Å². The zero-order valence-electron chi connectivity index (χ0n) is 13.5. The monoisotopic (exact) mass is 274 g/mol. The van der Waals surface area contributed by atoms with Gasteiger partial charge in [-0.1, -0.05) is 39.8 Å². The molecule has 0 spiro atoms. The number of hydrogen-bond acceptors (Lipinski definition) is 2. The lowest BCUT2D eigenvalue weighted by Crippen LogP contribution is -2.22. The van der Waals surface area contributed by atoms with Crippen LogP contribution in [0.15, 0.2) is 24.3 Å². The van der Waals surface area contributed by atoms with E-state index in [1.165, 1.54) is 30.8 Å². The van der Waals surface area contributed by atoms with Gasteiger partial charge in [-0.05, 0) is 48.9 Å². The van der Waals surface area contributed by atoms with Crippen molar-refractivity contribution in [1.82, 2.24) is 5.32 Å². The minimum Gasteiger partial charge on any atom is -0.371 e. The van der Waals surface area contributed by atoms with Crippen molar-refractivity contribution < 1.29 is 0 Å². The third-order valence-electron chi connectivity index (χ3n) is 4.69. The SMILES string of the molecule is CCNC(CC)c1ccc(N2CCC(C(C)C)C2)cc1. The van der Waals surface area contributed by atoms with E-state index in [4.69, 9.17) is 0 Å². The Morgan fingerprint density at radius 3 is 2.40 bits per heavy atom. The van der Waals surface area contributed by atoms with Gasteiger partial charge in [-0.15, -0.1) is 0 Å². The summed E-state index contributed by atoms with van der Waals surface area (Å²) in [5.41, 5.74) is 2.81. The summed E-state index contributed by atoms with van der Waals surface area (Å²) in [6.45, 7) is 12.6. The van der Waals surface area contributed by atoms with Crippen LogP contribution in [0.4, 0.5) is 5.69 Å². The topological polar surface area (TPSA) is 15.3 Å². The average molecular weight is 274 g/mol. The van der Waals surface area contributed by atoms with Crippen molar-refractivity contribution in [2.75, 3.05) is 24.5 Å².